The maximum Gasteiger partial charge on any atom is 0.265 e. The van der Waals surface area contributed by atoms with Gasteiger partial charge in [-0.3, -0.25) is 9.59 Å². The van der Waals surface area contributed by atoms with Gasteiger partial charge in [0.2, 0.25) is 5.91 Å². The van der Waals surface area contributed by atoms with Crippen molar-refractivity contribution < 1.29 is 14.3 Å². The van der Waals surface area contributed by atoms with E-state index in [0.717, 1.165) is 13.0 Å². The zero-order chi connectivity index (χ0) is 15.0. The van der Waals surface area contributed by atoms with Crippen LogP contribution in [0.25, 0.3) is 0 Å². The average Bonchev–Trinajstić information content (AvgIpc) is 2.89. The minimum atomic E-state index is -0.499. The summed E-state index contributed by atoms with van der Waals surface area (Å²) in [5.41, 5.74) is 0.861. The fraction of sp³-hybridized carbons (Fsp3) is 0.467. The van der Waals surface area contributed by atoms with E-state index in [-0.39, 0.29) is 29.6 Å². The van der Waals surface area contributed by atoms with E-state index >= 15 is 0 Å². The van der Waals surface area contributed by atoms with Gasteiger partial charge in [-0.1, -0.05) is 0 Å². The number of hydrogen-bond donors (Lipinski definition) is 3. The molecule has 7 heteroatoms. The Morgan fingerprint density at radius 3 is 2.91 bits per heavy atom. The number of halogens is 1. The van der Waals surface area contributed by atoms with Gasteiger partial charge >= 0.3 is 0 Å². The Morgan fingerprint density at radius 2 is 2.23 bits per heavy atom. The van der Waals surface area contributed by atoms with Gasteiger partial charge in [0.1, 0.15) is 5.75 Å². The summed E-state index contributed by atoms with van der Waals surface area (Å²) in [6, 6.07) is 5.27. The SMILES string of the molecule is CC1Oc2ccc(NC(=O)C3(C)CCNC3)cc2NC1=O.Cl. The molecular formula is C15H20ClN3O3. The third-order valence-electron chi connectivity index (χ3n) is 4.09. The number of fused-ring (bicyclic) bond motifs is 1. The molecule has 2 unspecified atom stereocenters. The first kappa shape index (κ1) is 16.6. The van der Waals surface area contributed by atoms with E-state index < -0.39 is 6.10 Å². The van der Waals surface area contributed by atoms with Gasteiger partial charge in [-0.25, -0.2) is 0 Å². The number of ether oxygens (including phenoxy) is 1. The Bertz CT molecular complexity index is 600. The summed E-state index contributed by atoms with van der Waals surface area (Å²) in [6.45, 7) is 5.19. The summed E-state index contributed by atoms with van der Waals surface area (Å²) in [7, 11) is 0. The topological polar surface area (TPSA) is 79.5 Å². The Balaban J connectivity index is 0.00000176. The third kappa shape index (κ3) is 3.03. The molecule has 6 nitrogen and oxygen atoms in total. The molecule has 2 aliphatic rings. The van der Waals surface area contributed by atoms with Crippen LogP contribution in [0, 0.1) is 5.41 Å². The van der Waals surface area contributed by atoms with E-state index in [9.17, 15) is 9.59 Å². The number of rotatable bonds is 2. The zero-order valence-corrected chi connectivity index (χ0v) is 13.4. The van der Waals surface area contributed by atoms with Crippen LogP contribution in [0.4, 0.5) is 11.4 Å². The lowest BCUT2D eigenvalue weighted by Gasteiger charge is -2.25. The molecule has 0 radical (unpaired) electrons. The Labute approximate surface area is 135 Å². The van der Waals surface area contributed by atoms with E-state index in [1.54, 1.807) is 25.1 Å². The molecule has 1 fully saturated rings. The number of anilines is 2. The van der Waals surface area contributed by atoms with Crippen molar-refractivity contribution in [1.82, 2.24) is 5.32 Å². The number of nitrogens with one attached hydrogen (secondary N) is 3. The number of benzene rings is 1. The Hall–Kier alpha value is -1.79. The minimum Gasteiger partial charge on any atom is -0.479 e. The predicted molar refractivity (Wildman–Crippen MR) is 86.6 cm³/mol. The molecule has 2 heterocycles. The summed E-state index contributed by atoms with van der Waals surface area (Å²) in [4.78, 5) is 24.0. The molecule has 0 saturated carbocycles. The van der Waals surface area contributed by atoms with Gasteiger partial charge in [-0.2, -0.15) is 0 Å². The molecule has 3 rings (SSSR count). The smallest absolute Gasteiger partial charge is 0.265 e. The predicted octanol–water partition coefficient (Wildman–Crippen LogP) is 1.77. The second kappa shape index (κ2) is 6.14. The molecule has 1 saturated heterocycles. The van der Waals surface area contributed by atoms with Crippen molar-refractivity contribution in [1.29, 1.82) is 0 Å². The molecule has 0 spiro atoms. The van der Waals surface area contributed by atoms with Crippen molar-refractivity contribution in [3.8, 4) is 5.75 Å². The van der Waals surface area contributed by atoms with Crippen molar-refractivity contribution >= 4 is 35.6 Å². The first-order chi connectivity index (χ1) is 9.98. The van der Waals surface area contributed by atoms with Crippen molar-refractivity contribution in [2.75, 3.05) is 23.7 Å². The molecule has 0 aliphatic carbocycles. The summed E-state index contributed by atoms with van der Waals surface area (Å²) in [6.07, 6.45) is 0.322. The highest BCUT2D eigenvalue weighted by molar-refractivity contribution is 6.00. The van der Waals surface area contributed by atoms with Gasteiger partial charge in [-0.05, 0) is 45.0 Å². The minimum absolute atomic E-state index is 0. The van der Waals surface area contributed by atoms with Crippen molar-refractivity contribution in [3.05, 3.63) is 18.2 Å². The van der Waals surface area contributed by atoms with Gasteiger partial charge < -0.3 is 20.7 Å². The number of amides is 2. The number of carbonyl (C=O) groups excluding carboxylic acids is 2. The number of carbonyl (C=O) groups is 2. The van der Waals surface area contributed by atoms with Gasteiger partial charge in [0.05, 0.1) is 11.1 Å². The maximum absolute atomic E-state index is 12.4. The lowest BCUT2D eigenvalue weighted by molar-refractivity contribution is -0.124. The van der Waals surface area contributed by atoms with Crippen LogP contribution in [0.3, 0.4) is 0 Å². The Kier molecular flexibility index (Phi) is 4.63. The summed E-state index contributed by atoms with van der Waals surface area (Å²) < 4.78 is 5.49. The van der Waals surface area contributed by atoms with E-state index in [1.807, 2.05) is 6.92 Å². The standard InChI is InChI=1S/C15H19N3O3.ClH/c1-9-13(19)18-11-7-10(3-4-12(11)21-9)17-14(20)15(2)5-6-16-8-15;/h3-4,7,9,16H,5-6,8H2,1-2H3,(H,17,20)(H,18,19);1H. The average molecular weight is 326 g/mol. The zero-order valence-electron chi connectivity index (χ0n) is 12.6. The van der Waals surface area contributed by atoms with E-state index in [2.05, 4.69) is 16.0 Å². The van der Waals surface area contributed by atoms with Gasteiger partial charge in [0, 0.05) is 12.2 Å². The highest BCUT2D eigenvalue weighted by Crippen LogP contribution is 2.33. The second-order valence-electron chi connectivity index (χ2n) is 5.90. The van der Waals surface area contributed by atoms with Crippen LogP contribution in [-0.2, 0) is 9.59 Å². The van der Waals surface area contributed by atoms with Crippen LogP contribution < -0.4 is 20.7 Å². The van der Waals surface area contributed by atoms with Crippen molar-refractivity contribution in [2.45, 2.75) is 26.4 Å². The molecule has 2 atom stereocenters. The fourth-order valence-corrected chi connectivity index (χ4v) is 2.58. The van der Waals surface area contributed by atoms with Gasteiger partial charge in [-0.15, -0.1) is 12.4 Å². The molecule has 2 amide bonds. The quantitative estimate of drug-likeness (QED) is 0.774. The summed E-state index contributed by atoms with van der Waals surface area (Å²) in [5, 5.41) is 8.89. The molecule has 1 aromatic carbocycles. The highest BCUT2D eigenvalue weighted by Gasteiger charge is 2.36. The van der Waals surface area contributed by atoms with Crippen LogP contribution in [-0.4, -0.2) is 31.0 Å². The van der Waals surface area contributed by atoms with Crippen LogP contribution in [0.5, 0.6) is 5.75 Å². The molecule has 1 aromatic rings. The first-order valence-electron chi connectivity index (χ1n) is 7.12. The van der Waals surface area contributed by atoms with E-state index in [1.165, 1.54) is 0 Å². The van der Waals surface area contributed by atoms with Crippen LogP contribution in [0.15, 0.2) is 18.2 Å². The molecule has 120 valence electrons. The third-order valence-corrected chi connectivity index (χ3v) is 4.09. The van der Waals surface area contributed by atoms with Crippen LogP contribution >= 0.6 is 12.4 Å². The van der Waals surface area contributed by atoms with E-state index in [0.29, 0.717) is 23.7 Å². The fourth-order valence-electron chi connectivity index (χ4n) is 2.58. The molecule has 2 aliphatic heterocycles. The molecule has 3 N–H and O–H groups in total. The molecule has 0 aromatic heterocycles. The molecule has 22 heavy (non-hydrogen) atoms. The van der Waals surface area contributed by atoms with Crippen molar-refractivity contribution in [2.24, 2.45) is 5.41 Å². The Morgan fingerprint density at radius 1 is 1.45 bits per heavy atom. The monoisotopic (exact) mass is 325 g/mol. The summed E-state index contributed by atoms with van der Waals surface area (Å²) in [5.74, 6) is 0.427. The lowest BCUT2D eigenvalue weighted by atomic mass is 9.89. The van der Waals surface area contributed by atoms with Crippen molar-refractivity contribution in [3.63, 3.8) is 0 Å². The van der Waals surface area contributed by atoms with Gasteiger partial charge in [0.25, 0.3) is 5.91 Å². The molecule has 0 bridgehead atoms. The largest absolute Gasteiger partial charge is 0.479 e. The molecular weight excluding hydrogens is 306 g/mol. The lowest BCUT2D eigenvalue weighted by Crippen LogP contribution is -2.36. The van der Waals surface area contributed by atoms with Gasteiger partial charge in [0.15, 0.2) is 6.10 Å². The van der Waals surface area contributed by atoms with E-state index in [4.69, 9.17) is 4.74 Å². The maximum atomic E-state index is 12.4. The second-order valence-corrected chi connectivity index (χ2v) is 5.90. The van der Waals surface area contributed by atoms with Crippen LogP contribution in [0.1, 0.15) is 20.3 Å². The first-order valence-corrected chi connectivity index (χ1v) is 7.12. The number of hydrogen-bond acceptors (Lipinski definition) is 4. The van der Waals surface area contributed by atoms with Crippen LogP contribution in [0.2, 0.25) is 0 Å². The normalized spacial score (nSPS) is 26.3. The highest BCUT2D eigenvalue weighted by atomic mass is 35.5. The summed E-state index contributed by atoms with van der Waals surface area (Å²) >= 11 is 0.